The van der Waals surface area contributed by atoms with Crippen LogP contribution in [0.25, 0.3) is 6.08 Å². The summed E-state index contributed by atoms with van der Waals surface area (Å²) in [6, 6.07) is 38.8. The van der Waals surface area contributed by atoms with E-state index in [9.17, 15) is 4.79 Å². The van der Waals surface area contributed by atoms with E-state index in [1.54, 1.807) is 7.11 Å². The Balaban J connectivity index is 1.44. The van der Waals surface area contributed by atoms with Crippen LogP contribution in [0.4, 0.5) is 0 Å². The third-order valence-electron chi connectivity index (χ3n) is 11.1. The monoisotopic (exact) mass is 883 g/mol. The average Bonchev–Trinajstić information content (AvgIpc) is 3.26. The van der Waals surface area contributed by atoms with Gasteiger partial charge in [-0.3, -0.25) is 0 Å². The molecule has 7 nitrogen and oxygen atoms in total. The van der Waals surface area contributed by atoms with Crippen molar-refractivity contribution in [2.75, 3.05) is 20.3 Å². The van der Waals surface area contributed by atoms with Gasteiger partial charge in [-0.2, -0.15) is 0 Å². The first-order valence-corrected chi connectivity index (χ1v) is 28.7. The van der Waals surface area contributed by atoms with Gasteiger partial charge in [0.25, 0.3) is 0 Å². The predicted octanol–water partition coefficient (Wildman–Crippen LogP) is 10.1. The van der Waals surface area contributed by atoms with Crippen molar-refractivity contribution < 1.29 is 28.5 Å². The van der Waals surface area contributed by atoms with Crippen molar-refractivity contribution in [1.29, 1.82) is 0 Å². The smallest absolute Gasteiger partial charge is 0.0622 e. The first kappa shape index (κ1) is 44.8. The van der Waals surface area contributed by atoms with Gasteiger partial charge in [0, 0.05) is 0 Å². The van der Waals surface area contributed by atoms with E-state index in [1.165, 1.54) is 55.4 Å². The molecule has 5 atom stereocenters. The van der Waals surface area contributed by atoms with Crippen molar-refractivity contribution in [2.45, 2.75) is 117 Å². The molecule has 0 unspecified atom stereocenters. The average molecular weight is 883 g/mol. The fraction of sp³-hybridized carbons (Fsp3) is 0.449. The molecule has 0 aromatic heterocycles. The third kappa shape index (κ3) is 13.4. The topological polar surface area (TPSA) is 75.3 Å². The Kier molecular flexibility index (Phi) is 19.3. The van der Waals surface area contributed by atoms with E-state index in [2.05, 4.69) is 50.4 Å². The predicted molar refractivity (Wildman–Crippen MR) is 234 cm³/mol. The molecule has 1 amide bonds. The van der Waals surface area contributed by atoms with E-state index in [-0.39, 0.29) is 12.5 Å². The Labute approximate surface area is 346 Å². The summed E-state index contributed by atoms with van der Waals surface area (Å²) in [4.78, 5) is 14.5. The number of methoxy groups -OCH3 is 1. The van der Waals surface area contributed by atoms with Gasteiger partial charge in [-0.15, -0.1) is 0 Å². The molecule has 0 aliphatic carbocycles. The van der Waals surface area contributed by atoms with Crippen molar-refractivity contribution in [3.8, 4) is 0 Å². The van der Waals surface area contributed by atoms with Gasteiger partial charge in [-0.1, -0.05) is 78.9 Å². The maximum atomic E-state index is 14.5. The van der Waals surface area contributed by atoms with Gasteiger partial charge in [0.15, 0.2) is 0 Å². The number of hydrogen-bond donors (Lipinski definition) is 1. The second kappa shape index (κ2) is 24.6. The minimum atomic E-state index is -2.96. The third-order valence-corrected chi connectivity index (χ3v) is 26.9. The molecule has 4 aromatic rings. The van der Waals surface area contributed by atoms with Crippen molar-refractivity contribution >= 4 is 33.9 Å². The Hall–Kier alpha value is -3.31. The molecule has 57 heavy (non-hydrogen) atoms. The van der Waals surface area contributed by atoms with E-state index >= 15 is 0 Å². The van der Waals surface area contributed by atoms with Gasteiger partial charge in [0.1, 0.15) is 0 Å². The number of unbranched alkanes of at least 4 members (excludes halogenated alkanes) is 3. The summed E-state index contributed by atoms with van der Waals surface area (Å²) >= 11 is -2.96. The number of nitrogens with one attached hydrogen (secondary N) is 1. The fourth-order valence-electron chi connectivity index (χ4n) is 8.00. The number of benzene rings is 4. The van der Waals surface area contributed by atoms with E-state index in [1.807, 2.05) is 103 Å². The molecule has 0 radical (unpaired) electrons. The van der Waals surface area contributed by atoms with Crippen molar-refractivity contribution in [2.24, 2.45) is 0 Å². The normalized spacial score (nSPS) is 19.8. The van der Waals surface area contributed by atoms with Crippen molar-refractivity contribution in [3.05, 3.63) is 144 Å². The number of hydrogen-bond acceptors (Lipinski definition) is 6. The van der Waals surface area contributed by atoms with Gasteiger partial charge >= 0.3 is 269 Å². The summed E-state index contributed by atoms with van der Waals surface area (Å²) in [7, 11) is 1.63. The fourth-order valence-corrected chi connectivity index (χ4v) is 24.7. The quantitative estimate of drug-likeness (QED) is 0.0707. The van der Waals surface area contributed by atoms with Crippen LogP contribution in [0.5, 0.6) is 0 Å². The van der Waals surface area contributed by atoms with E-state index in [4.69, 9.17) is 23.7 Å². The van der Waals surface area contributed by atoms with Crippen molar-refractivity contribution in [1.82, 2.24) is 5.32 Å². The molecule has 0 spiro atoms. The number of rotatable bonds is 24. The molecule has 4 aromatic carbocycles. The standard InChI is InChI=1S/C37H38NO6.3C4H9.Sn/c1-40-37-35(43-27-30-19-10-4-11-20-30)34(42-26-29-17-8-3-9-18-29)33(41-24-14-21-28-15-6-2-7-16-28)32(44-37)25-38-36(39)31-22-12-5-13-23-31;3*1-3-4-2;/h2-22,32-35,37H,24-27H2,1H3,(H,38,39);3*1,3-4H2,2H3;/b21-14+;;;;/t32-,33+,34+,35-,37+;;;;/m1..../s1. The molecule has 8 heteroatoms. The Bertz CT molecular complexity index is 1720. The Morgan fingerprint density at radius 1 is 0.667 bits per heavy atom. The zero-order chi connectivity index (χ0) is 40.1. The second-order valence-electron chi connectivity index (χ2n) is 15.3. The van der Waals surface area contributed by atoms with Gasteiger partial charge < -0.3 is 0 Å². The van der Waals surface area contributed by atoms with E-state index < -0.39 is 49.1 Å². The summed E-state index contributed by atoms with van der Waals surface area (Å²) in [6.07, 6.45) is 8.15. The molecule has 5 rings (SSSR count). The van der Waals surface area contributed by atoms with E-state index in [0.717, 1.165) is 22.3 Å². The van der Waals surface area contributed by atoms with Crippen LogP contribution in [-0.2, 0) is 36.9 Å². The van der Waals surface area contributed by atoms with Crippen LogP contribution >= 0.6 is 0 Å². The molecule has 1 fully saturated rings. The second-order valence-corrected chi connectivity index (χ2v) is 28.4. The summed E-state index contributed by atoms with van der Waals surface area (Å²) in [5.74, 6) is -0.0549. The molecule has 306 valence electrons. The Morgan fingerprint density at radius 3 is 1.75 bits per heavy atom. The van der Waals surface area contributed by atoms with Gasteiger partial charge in [0.2, 0.25) is 0 Å². The SMILES string of the molecule is CCC[CH2][Sn]([CH2]CCC)([CH2]CCC)[c]1ccccc1C(=O)NC[C@H]1O[C@H](OC)[C@H](OCc2ccccc2)[C@@H](OCc2ccccc2)[C@H]1OC/C=C/c1ccccc1. The maximum absolute atomic E-state index is 14.5. The zero-order valence-corrected chi connectivity index (χ0v) is 37.5. The summed E-state index contributed by atoms with van der Waals surface area (Å²) in [5, 5.41) is 3.33. The van der Waals surface area contributed by atoms with Gasteiger partial charge in [-0.05, 0) is 0 Å². The number of amides is 1. The molecule has 0 bridgehead atoms. The molecular formula is C49H65NO6Sn. The van der Waals surface area contributed by atoms with E-state index in [0.29, 0.717) is 19.8 Å². The number of carbonyl (C=O) groups excluding carboxylic acids is 1. The zero-order valence-electron chi connectivity index (χ0n) is 34.7. The van der Waals surface area contributed by atoms with Crippen LogP contribution in [0.2, 0.25) is 13.3 Å². The minimum Gasteiger partial charge on any atom is -0.0622 e. The van der Waals surface area contributed by atoms with Gasteiger partial charge in [-0.25, -0.2) is 0 Å². The van der Waals surface area contributed by atoms with Crippen LogP contribution in [0.1, 0.15) is 86.3 Å². The molecule has 1 aliphatic rings. The summed E-state index contributed by atoms with van der Waals surface area (Å²) in [6.45, 7) is 8.09. The summed E-state index contributed by atoms with van der Waals surface area (Å²) in [5.41, 5.74) is 3.98. The minimum absolute atomic E-state index is 0.0549. The van der Waals surface area contributed by atoms with Crippen LogP contribution in [-0.4, -0.2) is 75.3 Å². The summed E-state index contributed by atoms with van der Waals surface area (Å²) < 4.78 is 38.1. The van der Waals surface area contributed by atoms with Crippen LogP contribution in [0, 0.1) is 0 Å². The molecule has 1 saturated heterocycles. The Morgan fingerprint density at radius 2 is 1.19 bits per heavy atom. The van der Waals surface area contributed by atoms with Crippen molar-refractivity contribution in [3.63, 3.8) is 0 Å². The van der Waals surface area contributed by atoms with Crippen LogP contribution < -0.4 is 8.90 Å². The molecule has 1 heterocycles. The number of carbonyl (C=O) groups is 1. The van der Waals surface area contributed by atoms with Crippen LogP contribution in [0.15, 0.2) is 121 Å². The first-order chi connectivity index (χ1) is 28.0. The van der Waals surface area contributed by atoms with Gasteiger partial charge in [0.05, 0.1) is 0 Å². The number of ether oxygens (including phenoxy) is 5. The molecule has 1 N–H and O–H groups in total. The molecule has 0 saturated carbocycles. The van der Waals surface area contributed by atoms with Crippen LogP contribution in [0.3, 0.4) is 0 Å². The first-order valence-electron chi connectivity index (χ1n) is 21.2. The molecular weight excluding hydrogens is 817 g/mol. The molecule has 1 aliphatic heterocycles.